The lowest BCUT2D eigenvalue weighted by Crippen LogP contribution is -2.21. The van der Waals surface area contributed by atoms with Crippen LogP contribution in [0.3, 0.4) is 0 Å². The Hall–Kier alpha value is -3.20. The normalized spacial score (nSPS) is 13.2. The molecule has 0 spiro atoms. The van der Waals surface area contributed by atoms with Crippen LogP contribution in [0.4, 0.5) is 21.5 Å². The lowest BCUT2D eigenvalue weighted by Gasteiger charge is -2.17. The number of hydrogen-bond donors (Lipinski definition) is 1. The van der Waals surface area contributed by atoms with E-state index < -0.39 is 29.2 Å². The van der Waals surface area contributed by atoms with E-state index in [0.29, 0.717) is 5.69 Å². The summed E-state index contributed by atoms with van der Waals surface area (Å²) in [6.45, 7) is 0.825. The molecule has 8 nitrogen and oxygen atoms in total. The van der Waals surface area contributed by atoms with Crippen LogP contribution < -0.4 is 10.2 Å². The molecule has 0 radical (unpaired) electrons. The third-order valence-corrected chi connectivity index (χ3v) is 4.68. The quantitative estimate of drug-likeness (QED) is 0.432. The third kappa shape index (κ3) is 5.00. The maximum absolute atomic E-state index is 13.1. The number of carbonyl (C=O) groups is 2. The van der Waals surface area contributed by atoms with Gasteiger partial charge in [0.2, 0.25) is 0 Å². The fourth-order valence-electron chi connectivity index (χ4n) is 3.01. The highest BCUT2D eigenvalue weighted by atomic mass is 35.5. The van der Waals surface area contributed by atoms with Crippen LogP contribution in [0.25, 0.3) is 0 Å². The highest BCUT2D eigenvalue weighted by Crippen LogP contribution is 2.31. The van der Waals surface area contributed by atoms with E-state index in [1.807, 2.05) is 4.90 Å². The van der Waals surface area contributed by atoms with Gasteiger partial charge in [-0.2, -0.15) is 0 Å². The van der Waals surface area contributed by atoms with Gasteiger partial charge in [0.1, 0.15) is 11.5 Å². The first-order chi connectivity index (χ1) is 13.8. The maximum Gasteiger partial charge on any atom is 0.338 e. The number of halogens is 2. The minimum Gasteiger partial charge on any atom is -0.452 e. The second kappa shape index (κ2) is 8.87. The zero-order valence-corrected chi connectivity index (χ0v) is 15.9. The van der Waals surface area contributed by atoms with E-state index >= 15 is 0 Å². The molecule has 1 aliphatic heterocycles. The van der Waals surface area contributed by atoms with Gasteiger partial charge >= 0.3 is 5.97 Å². The van der Waals surface area contributed by atoms with Crippen molar-refractivity contribution in [1.82, 2.24) is 0 Å². The zero-order valence-electron chi connectivity index (χ0n) is 15.2. The Morgan fingerprint density at radius 3 is 2.59 bits per heavy atom. The molecule has 0 atom stereocenters. The molecule has 152 valence electrons. The Balaban J connectivity index is 1.63. The summed E-state index contributed by atoms with van der Waals surface area (Å²) in [5, 5.41) is 13.6. The standard InChI is InChI=1S/C19H17ClFN3O5/c20-14-10-13(4-5-15(14)21)22-18(25)11-29-19(26)12-3-6-16(17(9-12)24(27)28)23-7-1-2-8-23/h3-6,9-10H,1-2,7-8,11H2,(H,22,25). The second-order valence-corrected chi connectivity index (χ2v) is 6.82. The number of nitrogens with one attached hydrogen (secondary N) is 1. The first-order valence-corrected chi connectivity index (χ1v) is 9.18. The van der Waals surface area contributed by atoms with Crippen molar-refractivity contribution in [1.29, 1.82) is 0 Å². The Morgan fingerprint density at radius 1 is 1.21 bits per heavy atom. The number of benzene rings is 2. The Kier molecular flexibility index (Phi) is 6.28. The predicted octanol–water partition coefficient (Wildman–Crippen LogP) is 3.78. The van der Waals surface area contributed by atoms with Gasteiger partial charge in [-0.1, -0.05) is 11.6 Å². The minimum atomic E-state index is -0.867. The van der Waals surface area contributed by atoms with Crippen molar-refractivity contribution in [2.45, 2.75) is 12.8 Å². The van der Waals surface area contributed by atoms with Crippen LogP contribution in [0.1, 0.15) is 23.2 Å². The molecule has 2 aromatic rings. The van der Waals surface area contributed by atoms with Crippen LogP contribution in [-0.2, 0) is 9.53 Å². The van der Waals surface area contributed by atoms with Gasteiger partial charge in [-0.15, -0.1) is 0 Å². The van der Waals surface area contributed by atoms with E-state index in [0.717, 1.165) is 38.1 Å². The molecule has 0 aromatic heterocycles. The molecule has 1 aliphatic rings. The molecule has 1 saturated heterocycles. The smallest absolute Gasteiger partial charge is 0.338 e. The number of amides is 1. The summed E-state index contributed by atoms with van der Waals surface area (Å²) in [6.07, 6.45) is 1.91. The van der Waals surface area contributed by atoms with E-state index in [1.54, 1.807) is 0 Å². The fraction of sp³-hybridized carbons (Fsp3) is 0.263. The Morgan fingerprint density at radius 2 is 1.93 bits per heavy atom. The van der Waals surface area contributed by atoms with Crippen molar-refractivity contribution >= 4 is 40.5 Å². The molecule has 0 unspecified atom stereocenters. The van der Waals surface area contributed by atoms with Gasteiger partial charge in [0.15, 0.2) is 6.61 Å². The molecule has 1 N–H and O–H groups in total. The number of nitrogens with zero attached hydrogens (tertiary/aromatic N) is 2. The Labute approximate surface area is 170 Å². The van der Waals surface area contributed by atoms with Gasteiger partial charge in [0.05, 0.1) is 15.5 Å². The number of nitro benzene ring substituents is 1. The maximum atomic E-state index is 13.1. The van der Waals surface area contributed by atoms with Crippen LogP contribution in [0.2, 0.25) is 5.02 Å². The van der Waals surface area contributed by atoms with Gasteiger partial charge < -0.3 is 15.0 Å². The summed E-state index contributed by atoms with van der Waals surface area (Å²) in [4.78, 5) is 36.9. The highest BCUT2D eigenvalue weighted by Gasteiger charge is 2.24. The van der Waals surface area contributed by atoms with Crippen molar-refractivity contribution in [2.75, 3.05) is 29.9 Å². The van der Waals surface area contributed by atoms with Crippen molar-refractivity contribution in [3.63, 3.8) is 0 Å². The second-order valence-electron chi connectivity index (χ2n) is 6.41. The van der Waals surface area contributed by atoms with E-state index in [4.69, 9.17) is 16.3 Å². The average Bonchev–Trinajstić information content (AvgIpc) is 3.23. The van der Waals surface area contributed by atoms with Crippen molar-refractivity contribution in [3.05, 3.63) is 62.9 Å². The largest absolute Gasteiger partial charge is 0.452 e. The van der Waals surface area contributed by atoms with Gasteiger partial charge in [-0.25, -0.2) is 9.18 Å². The monoisotopic (exact) mass is 421 g/mol. The van der Waals surface area contributed by atoms with Gasteiger partial charge in [-0.3, -0.25) is 14.9 Å². The fourth-order valence-corrected chi connectivity index (χ4v) is 3.19. The number of esters is 1. The van der Waals surface area contributed by atoms with Crippen LogP contribution in [0.15, 0.2) is 36.4 Å². The molecule has 10 heteroatoms. The Bertz CT molecular complexity index is 963. The van der Waals surface area contributed by atoms with E-state index in [9.17, 15) is 24.1 Å². The molecular formula is C19H17ClFN3O5. The van der Waals surface area contributed by atoms with Crippen LogP contribution >= 0.6 is 11.6 Å². The molecule has 0 saturated carbocycles. The summed E-state index contributed by atoms with van der Waals surface area (Å²) in [6, 6.07) is 7.71. The summed E-state index contributed by atoms with van der Waals surface area (Å²) in [5.74, 6) is -2.16. The van der Waals surface area contributed by atoms with E-state index in [1.165, 1.54) is 24.3 Å². The topological polar surface area (TPSA) is 102 Å². The number of ether oxygens (including phenoxy) is 1. The average molecular weight is 422 g/mol. The van der Waals surface area contributed by atoms with Crippen molar-refractivity contribution < 1.29 is 23.6 Å². The van der Waals surface area contributed by atoms with Crippen molar-refractivity contribution in [2.24, 2.45) is 0 Å². The first-order valence-electron chi connectivity index (χ1n) is 8.80. The third-order valence-electron chi connectivity index (χ3n) is 4.39. The SMILES string of the molecule is O=C(COC(=O)c1ccc(N2CCCC2)c([N+](=O)[O-])c1)Nc1ccc(F)c(Cl)c1. The molecule has 0 bridgehead atoms. The summed E-state index contributed by atoms with van der Waals surface area (Å²) < 4.78 is 18.1. The van der Waals surface area contributed by atoms with Crippen LogP contribution in [0.5, 0.6) is 0 Å². The molecular weight excluding hydrogens is 405 g/mol. The number of nitro groups is 1. The molecule has 1 fully saturated rings. The number of anilines is 2. The number of hydrogen-bond acceptors (Lipinski definition) is 6. The van der Waals surface area contributed by atoms with Gasteiger partial charge in [0, 0.05) is 24.8 Å². The van der Waals surface area contributed by atoms with E-state index in [-0.39, 0.29) is 22.0 Å². The zero-order chi connectivity index (χ0) is 21.0. The first kappa shape index (κ1) is 20.5. The highest BCUT2D eigenvalue weighted by molar-refractivity contribution is 6.31. The number of rotatable bonds is 6. The molecule has 2 aromatic carbocycles. The molecule has 29 heavy (non-hydrogen) atoms. The van der Waals surface area contributed by atoms with Gasteiger partial charge in [-0.05, 0) is 43.2 Å². The van der Waals surface area contributed by atoms with E-state index in [2.05, 4.69) is 5.32 Å². The molecule has 1 amide bonds. The number of carbonyl (C=O) groups excluding carboxylic acids is 2. The van der Waals surface area contributed by atoms with Gasteiger partial charge in [0.25, 0.3) is 11.6 Å². The predicted molar refractivity (Wildman–Crippen MR) is 105 cm³/mol. The van der Waals surface area contributed by atoms with Crippen LogP contribution in [0, 0.1) is 15.9 Å². The summed E-state index contributed by atoms with van der Waals surface area (Å²) in [7, 11) is 0. The van der Waals surface area contributed by atoms with Crippen LogP contribution in [-0.4, -0.2) is 36.5 Å². The summed E-state index contributed by atoms with van der Waals surface area (Å²) >= 11 is 5.63. The van der Waals surface area contributed by atoms with Crippen molar-refractivity contribution in [3.8, 4) is 0 Å². The summed E-state index contributed by atoms with van der Waals surface area (Å²) in [5.41, 5.74) is 0.474. The lowest BCUT2D eigenvalue weighted by atomic mass is 10.1. The minimum absolute atomic E-state index is 0.0303. The molecule has 0 aliphatic carbocycles. The molecule has 1 heterocycles. The lowest BCUT2D eigenvalue weighted by molar-refractivity contribution is -0.384. The molecule has 3 rings (SSSR count).